The number of carbonyl (C=O) groups excluding carboxylic acids is 1. The molecule has 2 aromatic carbocycles. The van der Waals surface area contributed by atoms with Crippen molar-refractivity contribution in [2.24, 2.45) is 0 Å². The van der Waals surface area contributed by atoms with Gasteiger partial charge in [0.05, 0.1) is 16.8 Å². The maximum absolute atomic E-state index is 13.3. The first-order valence-corrected chi connectivity index (χ1v) is 12.1. The van der Waals surface area contributed by atoms with Crippen LogP contribution in [0.1, 0.15) is 28.7 Å². The summed E-state index contributed by atoms with van der Waals surface area (Å²) in [6.45, 7) is 6.73. The van der Waals surface area contributed by atoms with E-state index in [9.17, 15) is 4.79 Å². The molecule has 0 saturated carbocycles. The van der Waals surface area contributed by atoms with Gasteiger partial charge < -0.3 is 0 Å². The zero-order valence-electron chi connectivity index (χ0n) is 18.0. The summed E-state index contributed by atoms with van der Waals surface area (Å²) in [5.41, 5.74) is 5.57. The summed E-state index contributed by atoms with van der Waals surface area (Å²) in [6.07, 6.45) is 4.01. The molecule has 0 fully saturated rings. The fourth-order valence-electron chi connectivity index (χ4n) is 3.44. The highest BCUT2D eigenvalue weighted by Gasteiger charge is 2.21. The van der Waals surface area contributed by atoms with E-state index >= 15 is 0 Å². The Morgan fingerprint density at radius 1 is 1.06 bits per heavy atom. The van der Waals surface area contributed by atoms with Crippen LogP contribution in [0.4, 0.5) is 5.13 Å². The van der Waals surface area contributed by atoms with Crippen LogP contribution in [0.2, 0.25) is 0 Å². The Kier molecular flexibility index (Phi) is 6.68. The highest BCUT2D eigenvalue weighted by atomic mass is 32.2. The quantitative estimate of drug-likeness (QED) is 0.311. The normalized spacial score (nSPS) is 11.1. The zero-order chi connectivity index (χ0) is 21.8. The topological polar surface area (TPSA) is 46.1 Å². The molecular formula is C25H25N3OS2. The van der Waals surface area contributed by atoms with Crippen molar-refractivity contribution in [2.75, 3.05) is 10.7 Å². The molecular weight excluding hydrogens is 422 g/mol. The number of hydrogen-bond donors (Lipinski definition) is 0. The predicted molar refractivity (Wildman–Crippen MR) is 131 cm³/mol. The van der Waals surface area contributed by atoms with Crippen molar-refractivity contribution in [2.45, 2.75) is 38.6 Å². The third-order valence-electron chi connectivity index (χ3n) is 5.01. The molecule has 2 heterocycles. The monoisotopic (exact) mass is 447 g/mol. The Morgan fingerprint density at radius 2 is 1.87 bits per heavy atom. The largest absolute Gasteiger partial charge is 0.284 e. The van der Waals surface area contributed by atoms with Gasteiger partial charge in [0.25, 0.3) is 0 Å². The van der Waals surface area contributed by atoms with Crippen molar-refractivity contribution < 1.29 is 4.79 Å². The molecule has 0 radical (unpaired) electrons. The van der Waals surface area contributed by atoms with Gasteiger partial charge in [0.15, 0.2) is 5.13 Å². The van der Waals surface area contributed by atoms with Gasteiger partial charge in [0, 0.05) is 29.5 Å². The van der Waals surface area contributed by atoms with Crippen molar-refractivity contribution >= 4 is 44.4 Å². The van der Waals surface area contributed by atoms with Gasteiger partial charge in [-0.25, -0.2) is 4.98 Å². The van der Waals surface area contributed by atoms with E-state index in [1.807, 2.05) is 23.2 Å². The zero-order valence-corrected chi connectivity index (χ0v) is 19.6. The summed E-state index contributed by atoms with van der Waals surface area (Å²) in [6, 6.07) is 16.6. The molecule has 0 saturated heterocycles. The van der Waals surface area contributed by atoms with E-state index in [4.69, 9.17) is 4.98 Å². The Hall–Kier alpha value is -2.70. The van der Waals surface area contributed by atoms with E-state index in [-0.39, 0.29) is 5.91 Å². The number of benzene rings is 2. The standard InChI is InChI=1S/C25H25N3OS2/c1-17-6-8-21(9-7-17)30-12-10-23(29)28(16-20-5-4-11-26-15-20)25-27-22-14-18(2)13-19(3)24(22)31-25/h4-9,11,13-15H,10,12,16H2,1-3H3. The number of thiazole rings is 1. The van der Waals surface area contributed by atoms with E-state index in [0.717, 1.165) is 26.7 Å². The molecule has 0 aliphatic heterocycles. The van der Waals surface area contributed by atoms with E-state index in [2.05, 4.69) is 62.2 Å². The van der Waals surface area contributed by atoms with Crippen LogP contribution < -0.4 is 4.90 Å². The van der Waals surface area contributed by atoms with Crippen LogP contribution in [0.3, 0.4) is 0 Å². The summed E-state index contributed by atoms with van der Waals surface area (Å²) in [7, 11) is 0. The second-order valence-corrected chi connectivity index (χ2v) is 9.83. The van der Waals surface area contributed by atoms with Crippen LogP contribution in [0.5, 0.6) is 0 Å². The van der Waals surface area contributed by atoms with Crippen LogP contribution in [-0.2, 0) is 11.3 Å². The number of thioether (sulfide) groups is 1. The lowest BCUT2D eigenvalue weighted by molar-refractivity contribution is -0.118. The summed E-state index contributed by atoms with van der Waals surface area (Å²) in [4.78, 5) is 25.3. The second kappa shape index (κ2) is 9.62. The average molecular weight is 448 g/mol. The smallest absolute Gasteiger partial charge is 0.229 e. The van der Waals surface area contributed by atoms with E-state index in [1.54, 1.807) is 29.3 Å². The third-order valence-corrected chi connectivity index (χ3v) is 7.25. The first-order chi connectivity index (χ1) is 15.0. The third kappa shape index (κ3) is 5.32. The summed E-state index contributed by atoms with van der Waals surface area (Å²) in [5.74, 6) is 0.811. The minimum absolute atomic E-state index is 0.0805. The van der Waals surface area contributed by atoms with Gasteiger partial charge in [-0.05, 0) is 61.7 Å². The number of nitrogens with zero attached hydrogens (tertiary/aromatic N) is 3. The summed E-state index contributed by atoms with van der Waals surface area (Å²) < 4.78 is 1.14. The highest BCUT2D eigenvalue weighted by Crippen LogP contribution is 2.33. The number of aromatic nitrogens is 2. The number of pyridine rings is 1. The van der Waals surface area contributed by atoms with Gasteiger partial charge in [-0.15, -0.1) is 11.8 Å². The van der Waals surface area contributed by atoms with Crippen LogP contribution >= 0.6 is 23.1 Å². The van der Waals surface area contributed by atoms with Gasteiger partial charge in [-0.3, -0.25) is 14.7 Å². The number of fused-ring (bicyclic) bond motifs is 1. The molecule has 0 aliphatic carbocycles. The number of amides is 1. The Morgan fingerprint density at radius 3 is 2.61 bits per heavy atom. The van der Waals surface area contributed by atoms with Crippen LogP contribution in [0.25, 0.3) is 10.2 Å². The highest BCUT2D eigenvalue weighted by molar-refractivity contribution is 7.99. The molecule has 0 spiro atoms. The molecule has 1 amide bonds. The first-order valence-electron chi connectivity index (χ1n) is 10.3. The van der Waals surface area contributed by atoms with Gasteiger partial charge in [0.1, 0.15) is 0 Å². The Labute approximate surface area is 191 Å². The minimum atomic E-state index is 0.0805. The van der Waals surface area contributed by atoms with Gasteiger partial charge in [-0.2, -0.15) is 0 Å². The van der Waals surface area contributed by atoms with Crippen LogP contribution in [0, 0.1) is 20.8 Å². The van der Waals surface area contributed by atoms with Gasteiger partial charge in [0.2, 0.25) is 5.91 Å². The van der Waals surface area contributed by atoms with E-state index in [1.165, 1.54) is 21.6 Å². The summed E-state index contributed by atoms with van der Waals surface area (Å²) >= 11 is 3.30. The SMILES string of the molecule is Cc1ccc(SCCC(=O)N(Cc2cccnc2)c2nc3cc(C)cc(C)c3s2)cc1. The van der Waals surface area contributed by atoms with Crippen LogP contribution in [0.15, 0.2) is 65.8 Å². The van der Waals surface area contributed by atoms with Gasteiger partial charge in [-0.1, -0.05) is 41.2 Å². The van der Waals surface area contributed by atoms with Crippen molar-refractivity contribution in [3.05, 3.63) is 83.2 Å². The number of anilines is 1. The number of rotatable bonds is 7. The molecule has 4 nitrogen and oxygen atoms in total. The van der Waals surface area contributed by atoms with Crippen molar-refractivity contribution in [1.29, 1.82) is 0 Å². The first kappa shape index (κ1) is 21.5. The van der Waals surface area contributed by atoms with Crippen molar-refractivity contribution in [3.8, 4) is 0 Å². The predicted octanol–water partition coefficient (Wildman–Crippen LogP) is 6.33. The molecule has 6 heteroatoms. The van der Waals surface area contributed by atoms with Gasteiger partial charge >= 0.3 is 0 Å². The minimum Gasteiger partial charge on any atom is -0.284 e. The Bertz CT molecular complexity index is 1190. The Balaban J connectivity index is 1.55. The molecule has 0 atom stereocenters. The van der Waals surface area contributed by atoms with Crippen molar-refractivity contribution in [1.82, 2.24) is 9.97 Å². The molecule has 2 aromatic heterocycles. The molecule has 4 rings (SSSR count). The maximum Gasteiger partial charge on any atom is 0.229 e. The lowest BCUT2D eigenvalue weighted by atomic mass is 10.1. The maximum atomic E-state index is 13.3. The number of hydrogen-bond acceptors (Lipinski definition) is 5. The second-order valence-electron chi connectivity index (χ2n) is 7.68. The molecule has 0 unspecified atom stereocenters. The summed E-state index contributed by atoms with van der Waals surface area (Å²) in [5, 5.41) is 0.748. The molecule has 31 heavy (non-hydrogen) atoms. The van der Waals surface area contributed by atoms with Crippen molar-refractivity contribution in [3.63, 3.8) is 0 Å². The lowest BCUT2D eigenvalue weighted by Gasteiger charge is -2.20. The molecule has 0 bridgehead atoms. The molecule has 0 aliphatic rings. The molecule has 4 aromatic rings. The van der Waals surface area contributed by atoms with Crippen LogP contribution in [-0.4, -0.2) is 21.6 Å². The fraction of sp³-hybridized carbons (Fsp3) is 0.240. The lowest BCUT2D eigenvalue weighted by Crippen LogP contribution is -2.30. The molecule has 158 valence electrons. The molecule has 0 N–H and O–H groups in total. The van der Waals surface area contributed by atoms with E-state index in [0.29, 0.717) is 13.0 Å². The fourth-order valence-corrected chi connectivity index (χ4v) is 5.32. The average Bonchev–Trinajstić information content (AvgIpc) is 3.18. The number of carbonyl (C=O) groups is 1. The number of aryl methyl sites for hydroxylation is 3. The van der Waals surface area contributed by atoms with E-state index < -0.39 is 0 Å².